The van der Waals surface area contributed by atoms with Crippen LogP contribution in [0.1, 0.15) is 50.6 Å². The fourth-order valence-corrected chi connectivity index (χ4v) is 4.49. The van der Waals surface area contributed by atoms with E-state index in [0.29, 0.717) is 24.5 Å². The minimum absolute atomic E-state index is 0.000826. The minimum Gasteiger partial charge on any atom is -0.444 e. The van der Waals surface area contributed by atoms with E-state index in [4.69, 9.17) is 4.74 Å². The van der Waals surface area contributed by atoms with Gasteiger partial charge < -0.3 is 20.3 Å². The van der Waals surface area contributed by atoms with Crippen LogP contribution in [0.4, 0.5) is 9.93 Å². The van der Waals surface area contributed by atoms with Crippen LogP contribution in [0.2, 0.25) is 0 Å². The molecule has 0 radical (unpaired) electrons. The number of piperidine rings is 1. The topological polar surface area (TPSA) is 101 Å². The predicted molar refractivity (Wildman–Crippen MR) is 106 cm³/mol. The number of hydrogen-bond donors (Lipinski definition) is 2. The van der Waals surface area contributed by atoms with Gasteiger partial charge in [-0.2, -0.15) is 0 Å². The summed E-state index contributed by atoms with van der Waals surface area (Å²) in [6.07, 6.45) is 2.71. The van der Waals surface area contributed by atoms with E-state index in [1.807, 2.05) is 20.8 Å². The number of fused-ring (bicyclic) bond motifs is 1. The molecule has 154 valence electrons. The smallest absolute Gasteiger partial charge is 0.407 e. The van der Waals surface area contributed by atoms with Crippen molar-refractivity contribution in [2.45, 2.75) is 64.5 Å². The average Bonchev–Trinajstić information content (AvgIpc) is 2.96. The Morgan fingerprint density at radius 1 is 1.25 bits per heavy atom. The number of aryl methyl sites for hydroxylation is 1. The van der Waals surface area contributed by atoms with Crippen LogP contribution in [-0.4, -0.2) is 53.0 Å². The SMILES string of the molecule is CN1CC[C@@H](C(=O)Nc2nc3c(s2)C[C@@H](NC(=O)OC(C)(C)C)CC3)CC1=O. The van der Waals surface area contributed by atoms with Crippen LogP contribution >= 0.6 is 11.3 Å². The second-order valence-corrected chi connectivity index (χ2v) is 9.55. The van der Waals surface area contributed by atoms with Crippen LogP contribution < -0.4 is 10.6 Å². The Morgan fingerprint density at radius 3 is 2.68 bits per heavy atom. The fraction of sp³-hybridized carbons (Fsp3) is 0.684. The van der Waals surface area contributed by atoms with Gasteiger partial charge in [0.05, 0.1) is 5.69 Å². The molecular weight excluding hydrogens is 380 g/mol. The van der Waals surface area contributed by atoms with Crippen LogP contribution in [0.15, 0.2) is 0 Å². The molecule has 0 aromatic carbocycles. The van der Waals surface area contributed by atoms with Crippen molar-refractivity contribution >= 4 is 34.4 Å². The summed E-state index contributed by atoms with van der Waals surface area (Å²) in [4.78, 5) is 43.6. The molecule has 2 atom stereocenters. The molecule has 1 aromatic heterocycles. The second-order valence-electron chi connectivity index (χ2n) is 8.47. The highest BCUT2D eigenvalue weighted by Gasteiger charge is 2.30. The number of nitrogens with zero attached hydrogens (tertiary/aromatic N) is 2. The lowest BCUT2D eigenvalue weighted by molar-refractivity contribution is -0.137. The highest BCUT2D eigenvalue weighted by Crippen LogP contribution is 2.31. The number of hydrogen-bond acceptors (Lipinski definition) is 6. The van der Waals surface area contributed by atoms with Crippen LogP contribution in [0.5, 0.6) is 0 Å². The minimum atomic E-state index is -0.527. The number of carbonyl (C=O) groups is 3. The van der Waals surface area contributed by atoms with Gasteiger partial charge in [0.25, 0.3) is 0 Å². The van der Waals surface area contributed by atoms with Gasteiger partial charge >= 0.3 is 6.09 Å². The molecule has 0 bridgehead atoms. The summed E-state index contributed by atoms with van der Waals surface area (Å²) in [5, 5.41) is 6.36. The van der Waals surface area contributed by atoms with Gasteiger partial charge in [-0.15, -0.1) is 11.3 Å². The second kappa shape index (κ2) is 8.06. The maximum absolute atomic E-state index is 12.5. The normalized spacial score (nSPS) is 22.4. The van der Waals surface area contributed by atoms with E-state index >= 15 is 0 Å². The maximum atomic E-state index is 12.5. The quantitative estimate of drug-likeness (QED) is 0.799. The Balaban J connectivity index is 1.55. The first-order chi connectivity index (χ1) is 13.1. The molecule has 2 aliphatic rings. The molecule has 0 unspecified atom stereocenters. The van der Waals surface area contributed by atoms with Gasteiger partial charge in [-0.05, 0) is 40.0 Å². The van der Waals surface area contributed by atoms with E-state index in [2.05, 4.69) is 15.6 Å². The van der Waals surface area contributed by atoms with Gasteiger partial charge in [0.15, 0.2) is 5.13 Å². The highest BCUT2D eigenvalue weighted by molar-refractivity contribution is 7.15. The molecule has 2 heterocycles. The predicted octanol–water partition coefficient (Wildman–Crippen LogP) is 2.33. The van der Waals surface area contributed by atoms with Gasteiger partial charge in [0.2, 0.25) is 11.8 Å². The first kappa shape index (κ1) is 20.6. The van der Waals surface area contributed by atoms with Crippen molar-refractivity contribution < 1.29 is 19.1 Å². The molecule has 3 rings (SSSR count). The number of alkyl carbamates (subject to hydrolysis) is 1. The fourth-order valence-electron chi connectivity index (χ4n) is 3.40. The van der Waals surface area contributed by atoms with Gasteiger partial charge in [0.1, 0.15) is 5.60 Å². The molecule has 1 aromatic rings. The first-order valence-corrected chi connectivity index (χ1v) is 10.5. The van der Waals surface area contributed by atoms with E-state index in [9.17, 15) is 14.4 Å². The molecule has 28 heavy (non-hydrogen) atoms. The average molecular weight is 409 g/mol. The first-order valence-electron chi connectivity index (χ1n) is 9.63. The summed E-state index contributed by atoms with van der Waals surface area (Å²) in [6.45, 7) is 6.11. The lowest BCUT2D eigenvalue weighted by atomic mass is 9.96. The Bertz CT molecular complexity index is 770. The molecule has 0 spiro atoms. The van der Waals surface area contributed by atoms with Crippen molar-refractivity contribution in [3.05, 3.63) is 10.6 Å². The molecule has 1 saturated heterocycles. The van der Waals surface area contributed by atoms with E-state index in [-0.39, 0.29) is 30.2 Å². The maximum Gasteiger partial charge on any atom is 0.407 e. The molecule has 8 nitrogen and oxygen atoms in total. The van der Waals surface area contributed by atoms with Crippen molar-refractivity contribution in [2.75, 3.05) is 18.9 Å². The summed E-state index contributed by atoms with van der Waals surface area (Å²) in [5.74, 6) is -0.442. The number of likely N-dealkylation sites (tertiary alicyclic amines) is 1. The molecule has 1 aliphatic heterocycles. The van der Waals surface area contributed by atoms with Crippen LogP contribution in [0, 0.1) is 5.92 Å². The van der Waals surface area contributed by atoms with Crippen molar-refractivity contribution in [2.24, 2.45) is 5.92 Å². The van der Waals surface area contributed by atoms with Crippen LogP contribution in [0.25, 0.3) is 0 Å². The number of anilines is 1. The molecular formula is C19H28N4O4S. The summed E-state index contributed by atoms with van der Waals surface area (Å²) in [5.41, 5.74) is 0.447. The Labute approximate surface area is 169 Å². The van der Waals surface area contributed by atoms with Crippen molar-refractivity contribution in [1.29, 1.82) is 0 Å². The Hall–Kier alpha value is -2.16. The molecule has 2 N–H and O–H groups in total. The van der Waals surface area contributed by atoms with Crippen molar-refractivity contribution in [3.63, 3.8) is 0 Å². The van der Waals surface area contributed by atoms with Crippen molar-refractivity contribution in [3.8, 4) is 0 Å². The molecule has 3 amide bonds. The third-order valence-corrected chi connectivity index (χ3v) is 5.96. The largest absolute Gasteiger partial charge is 0.444 e. The van der Waals surface area contributed by atoms with E-state index < -0.39 is 11.7 Å². The standard InChI is InChI=1S/C19H28N4O4S/c1-19(2,3)27-18(26)20-12-5-6-13-14(10-12)28-17(21-13)22-16(25)11-7-8-23(4)15(24)9-11/h11-12H,5-10H2,1-4H3,(H,20,26)(H,21,22,25)/t11-,12+/m1/s1. The van der Waals surface area contributed by atoms with Crippen molar-refractivity contribution in [1.82, 2.24) is 15.2 Å². The number of carbonyl (C=O) groups excluding carboxylic acids is 3. The van der Waals surface area contributed by atoms with Crippen LogP contribution in [-0.2, 0) is 27.2 Å². The zero-order valence-corrected chi connectivity index (χ0v) is 17.6. The molecule has 0 saturated carbocycles. The molecule has 1 fully saturated rings. The number of thiazole rings is 1. The third kappa shape index (κ3) is 5.21. The molecule has 9 heteroatoms. The van der Waals surface area contributed by atoms with Gasteiger partial charge in [-0.1, -0.05) is 0 Å². The monoisotopic (exact) mass is 408 g/mol. The number of amides is 3. The number of nitrogens with one attached hydrogen (secondary N) is 2. The number of aromatic nitrogens is 1. The van der Waals surface area contributed by atoms with Gasteiger partial charge in [-0.25, -0.2) is 9.78 Å². The summed E-state index contributed by atoms with van der Waals surface area (Å²) in [7, 11) is 1.76. The van der Waals surface area contributed by atoms with E-state index in [1.165, 1.54) is 11.3 Å². The lowest BCUT2D eigenvalue weighted by Crippen LogP contribution is -2.41. The van der Waals surface area contributed by atoms with Gasteiger partial charge in [-0.3, -0.25) is 9.59 Å². The lowest BCUT2D eigenvalue weighted by Gasteiger charge is -2.27. The highest BCUT2D eigenvalue weighted by atomic mass is 32.1. The summed E-state index contributed by atoms with van der Waals surface area (Å²) in [6, 6.07) is -0.00199. The van der Waals surface area contributed by atoms with Gasteiger partial charge in [0, 0.05) is 43.3 Å². The summed E-state index contributed by atoms with van der Waals surface area (Å²) < 4.78 is 5.32. The number of rotatable bonds is 3. The zero-order chi connectivity index (χ0) is 20.5. The third-order valence-electron chi connectivity index (χ3n) is 4.92. The van der Waals surface area contributed by atoms with Crippen LogP contribution in [0.3, 0.4) is 0 Å². The van der Waals surface area contributed by atoms with E-state index in [1.54, 1.807) is 11.9 Å². The summed E-state index contributed by atoms with van der Waals surface area (Å²) >= 11 is 1.44. The van der Waals surface area contributed by atoms with E-state index in [0.717, 1.165) is 23.4 Å². The zero-order valence-electron chi connectivity index (χ0n) is 16.8. The Morgan fingerprint density at radius 2 is 2.00 bits per heavy atom. The molecule has 1 aliphatic carbocycles. The Kier molecular flexibility index (Phi) is 5.92. The number of ether oxygens (including phenoxy) is 1.